The summed E-state index contributed by atoms with van der Waals surface area (Å²) < 4.78 is 15.1. The number of esters is 1. The minimum Gasteiger partial charge on any atom is -0.467 e. The quantitative estimate of drug-likeness (QED) is 0.498. The van der Waals surface area contributed by atoms with Gasteiger partial charge >= 0.3 is 5.97 Å². The fraction of sp³-hybridized carbons (Fsp3) is 0.900. The molecule has 0 aromatic carbocycles. The third kappa shape index (κ3) is 2.91. The van der Waals surface area contributed by atoms with Crippen LogP contribution < -0.4 is 0 Å². The van der Waals surface area contributed by atoms with Crippen molar-refractivity contribution in [3.05, 3.63) is 0 Å². The topological polar surface area (TPSA) is 57.2 Å². The highest BCUT2D eigenvalue weighted by Crippen LogP contribution is 2.27. The maximum Gasteiger partial charge on any atom is 0.338 e. The van der Waals surface area contributed by atoms with Crippen LogP contribution in [-0.4, -0.2) is 57.8 Å². The van der Waals surface area contributed by atoms with Gasteiger partial charge in [0.25, 0.3) is 0 Å². The molecule has 0 atom stereocenters. The molecule has 16 heavy (non-hydrogen) atoms. The van der Waals surface area contributed by atoms with Gasteiger partial charge in [-0.15, -0.1) is 0 Å². The Hall–Kier alpha value is -0.690. The van der Waals surface area contributed by atoms with Crippen molar-refractivity contribution in [1.82, 2.24) is 5.06 Å². The first-order valence-corrected chi connectivity index (χ1v) is 5.19. The van der Waals surface area contributed by atoms with E-state index in [4.69, 9.17) is 19.0 Å². The number of hydrogen-bond donors (Lipinski definition) is 0. The Morgan fingerprint density at radius 2 is 1.88 bits per heavy atom. The third-order valence-corrected chi connectivity index (χ3v) is 2.80. The van der Waals surface area contributed by atoms with Gasteiger partial charge in [-0.3, -0.25) is 0 Å². The molecule has 0 spiro atoms. The van der Waals surface area contributed by atoms with E-state index in [1.54, 1.807) is 12.2 Å². The molecule has 0 amide bonds. The highest BCUT2D eigenvalue weighted by molar-refractivity contribution is 5.79. The Bertz CT molecular complexity index is 225. The fourth-order valence-electron chi connectivity index (χ4n) is 1.80. The SMILES string of the molecule is COCOC1(C(=O)OC)CCN(OC)CC1. The number of hydroxylamine groups is 2. The van der Waals surface area contributed by atoms with Crippen molar-refractivity contribution in [1.29, 1.82) is 0 Å². The second-order valence-corrected chi connectivity index (χ2v) is 3.65. The predicted molar refractivity (Wildman–Crippen MR) is 55.5 cm³/mol. The highest BCUT2D eigenvalue weighted by Gasteiger charge is 2.44. The Kier molecular flexibility index (Phi) is 5.14. The zero-order valence-electron chi connectivity index (χ0n) is 10.0. The summed E-state index contributed by atoms with van der Waals surface area (Å²) in [5.74, 6) is -0.347. The van der Waals surface area contributed by atoms with Gasteiger partial charge < -0.3 is 19.0 Å². The van der Waals surface area contributed by atoms with Crippen LogP contribution in [0.1, 0.15) is 12.8 Å². The number of ether oxygens (including phenoxy) is 3. The Labute approximate surface area is 95.3 Å². The molecule has 0 N–H and O–H groups in total. The van der Waals surface area contributed by atoms with E-state index in [-0.39, 0.29) is 12.8 Å². The minimum absolute atomic E-state index is 0.0854. The predicted octanol–water partition coefficient (Wildman–Crippen LogP) is 0.176. The standard InChI is InChI=1S/C10H19NO5/c1-13-8-16-10(9(12)14-2)4-6-11(15-3)7-5-10/h4-8H2,1-3H3. The van der Waals surface area contributed by atoms with Gasteiger partial charge in [0.2, 0.25) is 0 Å². The first-order chi connectivity index (χ1) is 7.68. The molecule has 1 fully saturated rings. The average Bonchev–Trinajstić information content (AvgIpc) is 2.36. The number of carbonyl (C=O) groups is 1. The van der Waals surface area contributed by atoms with Gasteiger partial charge in [-0.2, -0.15) is 5.06 Å². The molecule has 0 radical (unpaired) electrons. The van der Waals surface area contributed by atoms with Crippen LogP contribution in [0.15, 0.2) is 0 Å². The summed E-state index contributed by atoms with van der Waals surface area (Å²) in [4.78, 5) is 16.8. The van der Waals surface area contributed by atoms with Gasteiger partial charge in [0, 0.05) is 33.0 Å². The number of rotatable bonds is 5. The molecule has 0 aliphatic carbocycles. The lowest BCUT2D eigenvalue weighted by atomic mass is 9.92. The first-order valence-electron chi connectivity index (χ1n) is 5.19. The molecule has 1 heterocycles. The minimum atomic E-state index is -0.889. The lowest BCUT2D eigenvalue weighted by molar-refractivity contribution is -0.217. The molecule has 0 aromatic rings. The maximum absolute atomic E-state index is 11.7. The van der Waals surface area contributed by atoms with E-state index in [9.17, 15) is 4.79 Å². The number of nitrogens with zero attached hydrogens (tertiary/aromatic N) is 1. The Morgan fingerprint density at radius 3 is 2.31 bits per heavy atom. The fourth-order valence-corrected chi connectivity index (χ4v) is 1.80. The van der Waals surface area contributed by atoms with Gasteiger partial charge in [-0.05, 0) is 0 Å². The van der Waals surface area contributed by atoms with Gasteiger partial charge in [-0.1, -0.05) is 0 Å². The summed E-state index contributed by atoms with van der Waals surface area (Å²) in [6, 6.07) is 0. The molecule has 0 unspecified atom stereocenters. The number of piperidine rings is 1. The van der Waals surface area contributed by atoms with E-state index >= 15 is 0 Å². The summed E-state index contributed by atoms with van der Waals surface area (Å²) in [7, 11) is 4.50. The molecule has 94 valence electrons. The largest absolute Gasteiger partial charge is 0.467 e. The number of hydrogen-bond acceptors (Lipinski definition) is 6. The van der Waals surface area contributed by atoms with Crippen LogP contribution in [0.4, 0.5) is 0 Å². The second kappa shape index (κ2) is 6.15. The highest BCUT2D eigenvalue weighted by atomic mass is 16.7. The molecule has 1 aliphatic heterocycles. The van der Waals surface area contributed by atoms with Crippen molar-refractivity contribution in [2.45, 2.75) is 18.4 Å². The van der Waals surface area contributed by atoms with E-state index in [1.165, 1.54) is 14.2 Å². The Balaban J connectivity index is 2.62. The number of carbonyl (C=O) groups excluding carboxylic acids is 1. The van der Waals surface area contributed by atoms with Crippen LogP contribution in [0.2, 0.25) is 0 Å². The smallest absolute Gasteiger partial charge is 0.338 e. The van der Waals surface area contributed by atoms with Gasteiger partial charge in [0.15, 0.2) is 5.60 Å². The van der Waals surface area contributed by atoms with Crippen molar-refractivity contribution in [3.8, 4) is 0 Å². The van der Waals surface area contributed by atoms with E-state index in [2.05, 4.69) is 0 Å². The van der Waals surface area contributed by atoms with E-state index in [0.29, 0.717) is 25.9 Å². The summed E-state index contributed by atoms with van der Waals surface area (Å²) >= 11 is 0. The number of methoxy groups -OCH3 is 2. The zero-order chi connectivity index (χ0) is 12.0. The third-order valence-electron chi connectivity index (χ3n) is 2.80. The average molecular weight is 233 g/mol. The van der Waals surface area contributed by atoms with Crippen molar-refractivity contribution >= 4 is 5.97 Å². The summed E-state index contributed by atoms with van der Waals surface area (Å²) in [6.07, 6.45) is 1.08. The van der Waals surface area contributed by atoms with E-state index in [0.717, 1.165) is 0 Å². The summed E-state index contributed by atoms with van der Waals surface area (Å²) in [5, 5.41) is 1.79. The maximum atomic E-state index is 11.7. The second-order valence-electron chi connectivity index (χ2n) is 3.65. The lowest BCUT2D eigenvalue weighted by Gasteiger charge is -2.37. The molecule has 0 bridgehead atoms. The summed E-state index contributed by atoms with van der Waals surface area (Å²) in [6.45, 7) is 1.35. The molecule has 0 saturated carbocycles. The van der Waals surface area contributed by atoms with Crippen molar-refractivity contribution in [2.24, 2.45) is 0 Å². The first kappa shape index (κ1) is 13.4. The van der Waals surface area contributed by atoms with Crippen LogP contribution in [0, 0.1) is 0 Å². The van der Waals surface area contributed by atoms with E-state index < -0.39 is 5.60 Å². The summed E-state index contributed by atoms with van der Waals surface area (Å²) in [5.41, 5.74) is -0.889. The molecule has 1 aliphatic rings. The lowest BCUT2D eigenvalue weighted by Crippen LogP contribution is -2.51. The molecule has 0 aromatic heterocycles. The molecule has 1 saturated heterocycles. The molecular weight excluding hydrogens is 214 g/mol. The van der Waals surface area contributed by atoms with Crippen molar-refractivity contribution < 1.29 is 23.8 Å². The van der Waals surface area contributed by atoms with E-state index in [1.807, 2.05) is 0 Å². The van der Waals surface area contributed by atoms with Gasteiger partial charge in [0.05, 0.1) is 14.2 Å². The molecule has 1 rings (SSSR count). The van der Waals surface area contributed by atoms with Crippen LogP contribution >= 0.6 is 0 Å². The van der Waals surface area contributed by atoms with Gasteiger partial charge in [0.1, 0.15) is 6.79 Å². The zero-order valence-corrected chi connectivity index (χ0v) is 10.0. The molecular formula is C10H19NO5. The van der Waals surface area contributed by atoms with Crippen molar-refractivity contribution in [3.63, 3.8) is 0 Å². The molecule has 6 nitrogen and oxygen atoms in total. The van der Waals surface area contributed by atoms with Crippen molar-refractivity contribution in [2.75, 3.05) is 41.2 Å². The normalized spacial score (nSPS) is 20.7. The van der Waals surface area contributed by atoms with Crippen LogP contribution in [0.3, 0.4) is 0 Å². The van der Waals surface area contributed by atoms with Crippen LogP contribution in [0.5, 0.6) is 0 Å². The van der Waals surface area contributed by atoms with Gasteiger partial charge in [-0.25, -0.2) is 4.79 Å². The molecule has 6 heteroatoms. The van der Waals surface area contributed by atoms with Crippen LogP contribution in [-0.2, 0) is 23.8 Å². The monoisotopic (exact) mass is 233 g/mol. The Morgan fingerprint density at radius 1 is 1.25 bits per heavy atom. The van der Waals surface area contributed by atoms with Crippen LogP contribution in [0.25, 0.3) is 0 Å².